The predicted molar refractivity (Wildman–Crippen MR) is 48.6 cm³/mol. The lowest BCUT2D eigenvalue weighted by Crippen LogP contribution is -2.22. The molecule has 1 heterocycles. The van der Waals surface area contributed by atoms with Crippen LogP contribution in [0.2, 0.25) is 0 Å². The van der Waals surface area contributed by atoms with Gasteiger partial charge in [-0.2, -0.15) is 0 Å². The van der Waals surface area contributed by atoms with Gasteiger partial charge in [-0.3, -0.25) is 14.5 Å². The molecule has 1 rings (SSSR count). The van der Waals surface area contributed by atoms with Crippen LogP contribution < -0.4 is 0 Å². The molecule has 1 fully saturated rings. The molecule has 5 heteroatoms. The van der Waals surface area contributed by atoms with Crippen molar-refractivity contribution in [3.8, 4) is 0 Å². The number of hydrogen-bond donors (Lipinski definition) is 0. The molecule has 0 spiro atoms. The van der Waals surface area contributed by atoms with Crippen molar-refractivity contribution in [1.29, 1.82) is 0 Å². The summed E-state index contributed by atoms with van der Waals surface area (Å²) in [4.78, 5) is 23.9. The fraction of sp³-hybridized carbons (Fsp3) is 0.778. The van der Waals surface area contributed by atoms with Crippen LogP contribution in [0.25, 0.3) is 0 Å². The van der Waals surface area contributed by atoms with Gasteiger partial charge in [0.15, 0.2) is 0 Å². The van der Waals surface area contributed by atoms with Gasteiger partial charge in [0.05, 0.1) is 19.8 Å². The monoisotopic (exact) mass is 201 g/mol. The molecular formula is C9H15NO4. The van der Waals surface area contributed by atoms with Gasteiger partial charge in [0.2, 0.25) is 0 Å². The number of esters is 2. The first-order chi connectivity index (χ1) is 6.69. The van der Waals surface area contributed by atoms with Crippen LogP contribution >= 0.6 is 0 Å². The van der Waals surface area contributed by atoms with Crippen molar-refractivity contribution < 1.29 is 19.1 Å². The third kappa shape index (κ3) is 2.99. The van der Waals surface area contributed by atoms with Crippen molar-refractivity contribution in [2.75, 3.05) is 26.3 Å². The Bertz CT molecular complexity index is 229. The highest BCUT2D eigenvalue weighted by atomic mass is 16.5. The molecule has 14 heavy (non-hydrogen) atoms. The van der Waals surface area contributed by atoms with Gasteiger partial charge in [0.1, 0.15) is 6.04 Å². The first-order valence-corrected chi connectivity index (χ1v) is 4.75. The van der Waals surface area contributed by atoms with E-state index in [9.17, 15) is 9.59 Å². The topological polar surface area (TPSA) is 55.6 Å². The minimum Gasteiger partial charge on any atom is -0.465 e. The van der Waals surface area contributed by atoms with Crippen molar-refractivity contribution in [1.82, 2.24) is 4.90 Å². The van der Waals surface area contributed by atoms with E-state index in [1.807, 2.05) is 0 Å². The highest BCUT2D eigenvalue weighted by Crippen LogP contribution is 2.17. The smallest absolute Gasteiger partial charge is 0.324 e. The van der Waals surface area contributed by atoms with Gasteiger partial charge >= 0.3 is 11.9 Å². The standard InChI is InChI=1S/C9H15NO4/c1-3-13-8(11)6-10-5-7(10)9(12)14-4-2/h7H,3-6H2,1-2H3/t7-,10?/m0/s1. The molecule has 0 aromatic rings. The zero-order valence-electron chi connectivity index (χ0n) is 8.49. The number of rotatable bonds is 5. The molecule has 0 amide bonds. The van der Waals surface area contributed by atoms with Crippen LogP contribution in [-0.2, 0) is 19.1 Å². The van der Waals surface area contributed by atoms with E-state index < -0.39 is 0 Å². The molecule has 1 aliphatic heterocycles. The van der Waals surface area contributed by atoms with Gasteiger partial charge in [-0.15, -0.1) is 0 Å². The zero-order chi connectivity index (χ0) is 10.6. The van der Waals surface area contributed by atoms with Crippen molar-refractivity contribution >= 4 is 11.9 Å². The van der Waals surface area contributed by atoms with E-state index in [0.29, 0.717) is 19.8 Å². The van der Waals surface area contributed by atoms with Gasteiger partial charge in [-0.1, -0.05) is 0 Å². The first kappa shape index (κ1) is 11.0. The van der Waals surface area contributed by atoms with E-state index in [-0.39, 0.29) is 24.5 Å². The molecular weight excluding hydrogens is 186 g/mol. The van der Waals surface area contributed by atoms with Crippen LogP contribution in [0.5, 0.6) is 0 Å². The number of ether oxygens (including phenoxy) is 2. The highest BCUT2D eigenvalue weighted by Gasteiger charge is 2.42. The molecule has 0 radical (unpaired) electrons. The van der Waals surface area contributed by atoms with E-state index in [1.165, 1.54) is 0 Å². The minimum absolute atomic E-state index is 0.178. The molecule has 0 saturated carbocycles. The average Bonchev–Trinajstić information content (AvgIpc) is 2.84. The van der Waals surface area contributed by atoms with Crippen LogP contribution in [0.1, 0.15) is 13.8 Å². The van der Waals surface area contributed by atoms with Crippen molar-refractivity contribution in [2.45, 2.75) is 19.9 Å². The molecule has 0 bridgehead atoms. The van der Waals surface area contributed by atoms with Crippen LogP contribution in [0.15, 0.2) is 0 Å². The summed E-state index contributed by atoms with van der Waals surface area (Å²) < 4.78 is 9.55. The van der Waals surface area contributed by atoms with Crippen molar-refractivity contribution in [2.24, 2.45) is 0 Å². The predicted octanol–water partition coefficient (Wildman–Crippen LogP) is -0.203. The van der Waals surface area contributed by atoms with Crippen LogP contribution in [0.3, 0.4) is 0 Å². The summed E-state index contributed by atoms with van der Waals surface area (Å²) in [6.07, 6.45) is 0. The maximum absolute atomic E-state index is 11.1. The maximum Gasteiger partial charge on any atom is 0.324 e. The Balaban J connectivity index is 2.19. The van der Waals surface area contributed by atoms with Gasteiger partial charge in [0.25, 0.3) is 0 Å². The molecule has 2 atom stereocenters. The second kappa shape index (κ2) is 4.95. The molecule has 0 N–H and O–H groups in total. The lowest BCUT2D eigenvalue weighted by Gasteiger charge is -2.03. The lowest BCUT2D eigenvalue weighted by molar-refractivity contribution is -0.145. The Morgan fingerprint density at radius 1 is 1.29 bits per heavy atom. The summed E-state index contributed by atoms with van der Waals surface area (Å²) in [5.41, 5.74) is 0. The third-order valence-corrected chi connectivity index (χ3v) is 1.91. The molecule has 1 aliphatic rings. The Hall–Kier alpha value is -1.10. The Labute approximate surface area is 83.0 Å². The van der Waals surface area contributed by atoms with E-state index in [1.54, 1.807) is 18.7 Å². The largest absolute Gasteiger partial charge is 0.465 e. The number of hydrogen-bond acceptors (Lipinski definition) is 5. The van der Waals surface area contributed by atoms with Crippen LogP contribution in [-0.4, -0.2) is 49.2 Å². The Morgan fingerprint density at radius 2 is 1.93 bits per heavy atom. The second-order valence-electron chi connectivity index (χ2n) is 3.00. The molecule has 5 nitrogen and oxygen atoms in total. The summed E-state index contributed by atoms with van der Waals surface area (Å²) >= 11 is 0. The van der Waals surface area contributed by atoms with E-state index in [0.717, 1.165) is 0 Å². The molecule has 0 aromatic carbocycles. The SMILES string of the molecule is CCOC(=O)CN1C[C@H]1C(=O)OCC. The first-order valence-electron chi connectivity index (χ1n) is 4.75. The van der Waals surface area contributed by atoms with Crippen LogP contribution in [0.4, 0.5) is 0 Å². The summed E-state index contributed by atoms with van der Waals surface area (Å²) in [5.74, 6) is -0.545. The van der Waals surface area contributed by atoms with Gasteiger partial charge in [0, 0.05) is 6.54 Å². The summed E-state index contributed by atoms with van der Waals surface area (Å²) in [5, 5.41) is 0. The second-order valence-corrected chi connectivity index (χ2v) is 3.00. The van der Waals surface area contributed by atoms with Crippen molar-refractivity contribution in [3.05, 3.63) is 0 Å². The van der Waals surface area contributed by atoms with Gasteiger partial charge < -0.3 is 9.47 Å². The van der Waals surface area contributed by atoms with E-state index in [4.69, 9.17) is 9.47 Å². The number of carbonyl (C=O) groups excluding carboxylic acids is 2. The van der Waals surface area contributed by atoms with Crippen molar-refractivity contribution in [3.63, 3.8) is 0 Å². The third-order valence-electron chi connectivity index (χ3n) is 1.91. The summed E-state index contributed by atoms with van der Waals surface area (Å²) in [6, 6.07) is -0.237. The molecule has 1 unspecified atom stereocenters. The van der Waals surface area contributed by atoms with Crippen LogP contribution in [0, 0.1) is 0 Å². The number of nitrogens with zero attached hydrogens (tertiary/aromatic N) is 1. The van der Waals surface area contributed by atoms with E-state index in [2.05, 4.69) is 0 Å². The van der Waals surface area contributed by atoms with E-state index >= 15 is 0 Å². The van der Waals surface area contributed by atoms with Gasteiger partial charge in [-0.05, 0) is 13.8 Å². The minimum atomic E-state index is -0.292. The number of carbonyl (C=O) groups is 2. The molecule has 0 aromatic heterocycles. The fourth-order valence-corrected chi connectivity index (χ4v) is 1.18. The normalized spacial score (nSPS) is 24.1. The highest BCUT2D eigenvalue weighted by molar-refractivity contribution is 5.81. The Kier molecular flexibility index (Phi) is 3.88. The fourth-order valence-electron chi connectivity index (χ4n) is 1.18. The average molecular weight is 201 g/mol. The molecule has 1 saturated heterocycles. The summed E-state index contributed by atoms with van der Waals surface area (Å²) in [6.45, 7) is 5.03. The molecule has 80 valence electrons. The zero-order valence-corrected chi connectivity index (χ0v) is 8.49. The Morgan fingerprint density at radius 3 is 2.50 bits per heavy atom. The molecule has 0 aliphatic carbocycles. The van der Waals surface area contributed by atoms with Gasteiger partial charge in [-0.25, -0.2) is 0 Å². The summed E-state index contributed by atoms with van der Waals surface area (Å²) in [7, 11) is 0. The quantitative estimate of drug-likeness (QED) is 0.455. The maximum atomic E-state index is 11.1. The lowest BCUT2D eigenvalue weighted by atomic mass is 10.5.